The van der Waals surface area contributed by atoms with Gasteiger partial charge in [-0.1, -0.05) is 17.7 Å². The highest BCUT2D eigenvalue weighted by Gasteiger charge is 2.11. The summed E-state index contributed by atoms with van der Waals surface area (Å²) in [6.45, 7) is 0.532. The van der Waals surface area contributed by atoms with Crippen molar-refractivity contribution in [2.75, 3.05) is 6.54 Å². The molecule has 0 saturated heterocycles. The van der Waals surface area contributed by atoms with E-state index in [0.29, 0.717) is 23.6 Å². The molecule has 14 heavy (non-hydrogen) atoms. The number of aromatic carboxylic acids is 1. The second-order valence-electron chi connectivity index (χ2n) is 2.96. The summed E-state index contributed by atoms with van der Waals surface area (Å²) in [4.78, 5) is 10.8. The Morgan fingerprint density at radius 3 is 2.79 bits per heavy atom. The van der Waals surface area contributed by atoms with Crippen molar-refractivity contribution in [1.29, 1.82) is 0 Å². The fraction of sp³-hybridized carbons (Fsp3) is 0.300. The summed E-state index contributed by atoms with van der Waals surface area (Å²) < 4.78 is 0. The monoisotopic (exact) mass is 213 g/mol. The van der Waals surface area contributed by atoms with Gasteiger partial charge in [0.2, 0.25) is 0 Å². The third kappa shape index (κ3) is 2.47. The molecule has 3 nitrogen and oxygen atoms in total. The Hall–Kier alpha value is -1.06. The molecule has 0 aliphatic carbocycles. The number of carboxylic acids is 1. The summed E-state index contributed by atoms with van der Waals surface area (Å²) >= 11 is 5.91. The van der Waals surface area contributed by atoms with Crippen LogP contribution in [0.3, 0.4) is 0 Å². The Morgan fingerprint density at radius 2 is 2.21 bits per heavy atom. The van der Waals surface area contributed by atoms with Crippen molar-refractivity contribution in [2.45, 2.75) is 12.8 Å². The van der Waals surface area contributed by atoms with E-state index in [1.807, 2.05) is 0 Å². The highest BCUT2D eigenvalue weighted by Crippen LogP contribution is 2.21. The van der Waals surface area contributed by atoms with Crippen molar-refractivity contribution < 1.29 is 9.90 Å². The summed E-state index contributed by atoms with van der Waals surface area (Å²) in [7, 11) is 0. The lowest BCUT2D eigenvalue weighted by atomic mass is 10.0. The Morgan fingerprint density at radius 1 is 1.50 bits per heavy atom. The van der Waals surface area contributed by atoms with Crippen molar-refractivity contribution in [3.05, 3.63) is 34.3 Å². The van der Waals surface area contributed by atoms with Gasteiger partial charge in [0.05, 0.1) is 5.56 Å². The van der Waals surface area contributed by atoms with Crippen LogP contribution in [-0.4, -0.2) is 17.6 Å². The van der Waals surface area contributed by atoms with Crippen molar-refractivity contribution >= 4 is 17.6 Å². The van der Waals surface area contributed by atoms with Gasteiger partial charge in [-0.25, -0.2) is 4.79 Å². The molecule has 3 N–H and O–H groups in total. The highest BCUT2D eigenvalue weighted by atomic mass is 35.5. The molecule has 0 heterocycles. The first-order valence-corrected chi connectivity index (χ1v) is 4.75. The van der Waals surface area contributed by atoms with E-state index in [1.54, 1.807) is 18.2 Å². The molecule has 0 aliphatic rings. The van der Waals surface area contributed by atoms with Gasteiger partial charge < -0.3 is 10.8 Å². The van der Waals surface area contributed by atoms with Crippen LogP contribution >= 0.6 is 11.6 Å². The Balaban J connectivity index is 3.02. The summed E-state index contributed by atoms with van der Waals surface area (Å²) in [5, 5.41) is 9.40. The summed E-state index contributed by atoms with van der Waals surface area (Å²) in [5.41, 5.74) is 6.30. The molecule has 0 aliphatic heterocycles. The normalized spacial score (nSPS) is 10.1. The number of nitrogens with two attached hydrogens (primary N) is 1. The Bertz CT molecular complexity index is 339. The topological polar surface area (TPSA) is 63.3 Å². The molecule has 1 aromatic rings. The van der Waals surface area contributed by atoms with Gasteiger partial charge in [-0.3, -0.25) is 0 Å². The molecule has 0 fully saturated rings. The molecule has 0 saturated carbocycles. The van der Waals surface area contributed by atoms with Gasteiger partial charge in [-0.15, -0.1) is 0 Å². The molecule has 0 unspecified atom stereocenters. The summed E-state index contributed by atoms with van der Waals surface area (Å²) in [6, 6.07) is 4.89. The zero-order valence-electron chi connectivity index (χ0n) is 7.66. The minimum Gasteiger partial charge on any atom is -0.478 e. The van der Waals surface area contributed by atoms with Crippen molar-refractivity contribution in [1.82, 2.24) is 0 Å². The van der Waals surface area contributed by atoms with Crippen molar-refractivity contribution in [3.63, 3.8) is 0 Å². The van der Waals surface area contributed by atoms with Gasteiger partial charge in [-0.05, 0) is 37.1 Å². The van der Waals surface area contributed by atoms with E-state index in [-0.39, 0.29) is 5.56 Å². The lowest BCUT2D eigenvalue weighted by Gasteiger charge is -2.06. The van der Waals surface area contributed by atoms with E-state index in [4.69, 9.17) is 22.4 Å². The molecule has 1 aromatic carbocycles. The molecule has 0 bridgehead atoms. The molecule has 0 atom stereocenters. The third-order valence-electron chi connectivity index (χ3n) is 1.98. The second kappa shape index (κ2) is 4.98. The van der Waals surface area contributed by atoms with Crippen LogP contribution in [0.1, 0.15) is 22.3 Å². The molecule has 0 amide bonds. The van der Waals surface area contributed by atoms with Crippen LogP contribution in [0, 0.1) is 0 Å². The fourth-order valence-corrected chi connectivity index (χ4v) is 1.56. The fourth-order valence-electron chi connectivity index (χ4n) is 1.29. The molecule has 76 valence electrons. The lowest BCUT2D eigenvalue weighted by molar-refractivity contribution is 0.0695. The van der Waals surface area contributed by atoms with Crippen LogP contribution in [0.15, 0.2) is 18.2 Å². The number of hydrogen-bond donors (Lipinski definition) is 2. The highest BCUT2D eigenvalue weighted by molar-refractivity contribution is 6.31. The molecule has 0 radical (unpaired) electrons. The molecule has 0 spiro atoms. The summed E-state index contributed by atoms with van der Waals surface area (Å²) in [5.74, 6) is -0.945. The molecule has 4 heteroatoms. The Kier molecular flexibility index (Phi) is 3.92. The van der Waals surface area contributed by atoms with E-state index in [9.17, 15) is 4.79 Å². The first-order valence-electron chi connectivity index (χ1n) is 4.37. The summed E-state index contributed by atoms with van der Waals surface area (Å²) in [6.07, 6.45) is 1.35. The van der Waals surface area contributed by atoms with E-state index >= 15 is 0 Å². The molecule has 0 aromatic heterocycles. The van der Waals surface area contributed by atoms with Crippen LogP contribution in [0.2, 0.25) is 5.02 Å². The smallest absolute Gasteiger partial charge is 0.336 e. The minimum atomic E-state index is -0.945. The van der Waals surface area contributed by atoms with Gasteiger partial charge in [-0.2, -0.15) is 0 Å². The third-order valence-corrected chi connectivity index (χ3v) is 2.33. The zero-order valence-corrected chi connectivity index (χ0v) is 8.42. The van der Waals surface area contributed by atoms with Crippen molar-refractivity contribution in [3.8, 4) is 0 Å². The van der Waals surface area contributed by atoms with Gasteiger partial charge in [0, 0.05) is 5.02 Å². The number of halogens is 1. The number of benzene rings is 1. The lowest BCUT2D eigenvalue weighted by Crippen LogP contribution is -2.06. The van der Waals surface area contributed by atoms with Crippen LogP contribution in [0.4, 0.5) is 0 Å². The zero-order chi connectivity index (χ0) is 10.6. The predicted octanol–water partition coefficient (Wildman–Crippen LogP) is 1.93. The maximum Gasteiger partial charge on any atom is 0.336 e. The number of hydrogen-bond acceptors (Lipinski definition) is 2. The van der Waals surface area contributed by atoms with Gasteiger partial charge >= 0.3 is 5.97 Å². The van der Waals surface area contributed by atoms with E-state index in [1.165, 1.54) is 0 Å². The standard InChI is InChI=1S/C10H12ClNO2/c11-9-5-1-3-8(10(13)14)7(9)4-2-6-12/h1,3,5H,2,4,6,12H2,(H,13,14). The first kappa shape index (κ1) is 11.0. The first-order chi connectivity index (χ1) is 6.66. The van der Waals surface area contributed by atoms with E-state index < -0.39 is 5.97 Å². The molecular formula is C10H12ClNO2. The predicted molar refractivity (Wildman–Crippen MR) is 55.8 cm³/mol. The van der Waals surface area contributed by atoms with Gasteiger partial charge in [0.1, 0.15) is 0 Å². The van der Waals surface area contributed by atoms with Crippen LogP contribution in [-0.2, 0) is 6.42 Å². The van der Waals surface area contributed by atoms with Crippen LogP contribution < -0.4 is 5.73 Å². The van der Waals surface area contributed by atoms with E-state index in [2.05, 4.69) is 0 Å². The van der Waals surface area contributed by atoms with Gasteiger partial charge in [0.25, 0.3) is 0 Å². The van der Waals surface area contributed by atoms with Crippen LogP contribution in [0.5, 0.6) is 0 Å². The minimum absolute atomic E-state index is 0.269. The number of carboxylic acid groups (broad SMARTS) is 1. The van der Waals surface area contributed by atoms with E-state index in [0.717, 1.165) is 6.42 Å². The van der Waals surface area contributed by atoms with Gasteiger partial charge in [0.15, 0.2) is 0 Å². The van der Waals surface area contributed by atoms with Crippen molar-refractivity contribution in [2.24, 2.45) is 5.73 Å². The quantitative estimate of drug-likeness (QED) is 0.804. The Labute approximate surface area is 87.5 Å². The number of rotatable bonds is 4. The average molecular weight is 214 g/mol. The largest absolute Gasteiger partial charge is 0.478 e. The maximum absolute atomic E-state index is 10.8. The maximum atomic E-state index is 10.8. The number of carbonyl (C=O) groups is 1. The molecule has 1 rings (SSSR count). The molecular weight excluding hydrogens is 202 g/mol. The SMILES string of the molecule is NCCCc1c(Cl)cccc1C(=O)O. The second-order valence-corrected chi connectivity index (χ2v) is 3.37. The van der Waals surface area contributed by atoms with Crippen LogP contribution in [0.25, 0.3) is 0 Å². The average Bonchev–Trinajstić information content (AvgIpc) is 2.15.